The van der Waals surface area contributed by atoms with Crippen molar-refractivity contribution in [1.29, 1.82) is 0 Å². The van der Waals surface area contributed by atoms with E-state index in [1.807, 2.05) is 48.5 Å². The van der Waals surface area contributed by atoms with Gasteiger partial charge in [-0.1, -0.05) is 80.9 Å². The molecule has 2 aromatic carbocycles. The average molecular weight is 395 g/mol. The van der Waals surface area contributed by atoms with Crippen LogP contribution in [0.15, 0.2) is 75.9 Å². The number of benzene rings is 2. The molecule has 0 aliphatic rings. The Bertz CT molecular complexity index is 935. The molecule has 1 N–H and O–H groups in total. The maximum atomic E-state index is 12.8. The van der Waals surface area contributed by atoms with E-state index in [1.165, 1.54) is 5.56 Å². The highest BCUT2D eigenvalue weighted by Gasteiger charge is 2.24. The molecule has 0 bridgehead atoms. The fourth-order valence-corrected chi connectivity index (χ4v) is 4.54. The standard InChI is InChI=1S/C24H26O3S/c1-3-17(2)14-22(28-16-18-10-6-4-7-11-18)23-20(25)15-21(27-24(23)26)19-12-8-5-9-13-19/h4-13,15,17,22,25H,3,14,16H2,1-2H3. The zero-order valence-corrected chi connectivity index (χ0v) is 17.1. The molecule has 0 saturated carbocycles. The minimum Gasteiger partial charge on any atom is -0.507 e. The largest absolute Gasteiger partial charge is 0.507 e. The zero-order chi connectivity index (χ0) is 19.9. The van der Waals surface area contributed by atoms with Gasteiger partial charge in [-0.2, -0.15) is 0 Å². The lowest BCUT2D eigenvalue weighted by Gasteiger charge is -2.20. The van der Waals surface area contributed by atoms with Gasteiger partial charge in [0.05, 0.1) is 5.56 Å². The predicted octanol–water partition coefficient (Wildman–Crippen LogP) is 6.42. The van der Waals surface area contributed by atoms with Gasteiger partial charge in [0.1, 0.15) is 11.5 Å². The zero-order valence-electron chi connectivity index (χ0n) is 16.3. The molecule has 146 valence electrons. The van der Waals surface area contributed by atoms with Crippen molar-refractivity contribution in [2.45, 2.75) is 37.7 Å². The Morgan fingerprint density at radius 3 is 2.29 bits per heavy atom. The van der Waals surface area contributed by atoms with Crippen molar-refractivity contribution in [3.05, 3.63) is 88.3 Å². The first-order chi connectivity index (χ1) is 13.6. The third kappa shape index (κ3) is 5.08. The summed E-state index contributed by atoms with van der Waals surface area (Å²) in [5.41, 5.74) is 1.90. The second-order valence-electron chi connectivity index (χ2n) is 7.10. The van der Waals surface area contributed by atoms with Gasteiger partial charge in [0.25, 0.3) is 0 Å². The number of thioether (sulfide) groups is 1. The molecule has 0 aliphatic heterocycles. The molecule has 0 amide bonds. The first-order valence-electron chi connectivity index (χ1n) is 9.66. The van der Waals surface area contributed by atoms with Crippen molar-refractivity contribution in [2.24, 2.45) is 5.92 Å². The van der Waals surface area contributed by atoms with Crippen LogP contribution in [0.2, 0.25) is 0 Å². The van der Waals surface area contributed by atoms with Gasteiger partial charge in [0, 0.05) is 22.6 Å². The lowest BCUT2D eigenvalue weighted by Crippen LogP contribution is -2.14. The van der Waals surface area contributed by atoms with Crippen molar-refractivity contribution in [2.75, 3.05) is 0 Å². The second-order valence-corrected chi connectivity index (χ2v) is 8.29. The van der Waals surface area contributed by atoms with E-state index in [1.54, 1.807) is 17.8 Å². The van der Waals surface area contributed by atoms with E-state index < -0.39 is 5.63 Å². The van der Waals surface area contributed by atoms with Gasteiger partial charge >= 0.3 is 5.63 Å². The molecule has 0 spiro atoms. The Hall–Kier alpha value is -2.46. The van der Waals surface area contributed by atoms with Crippen molar-refractivity contribution in [3.63, 3.8) is 0 Å². The Morgan fingerprint density at radius 2 is 1.68 bits per heavy atom. The van der Waals surface area contributed by atoms with E-state index in [4.69, 9.17) is 4.42 Å². The molecule has 1 heterocycles. The Labute approximate surface area is 170 Å². The first-order valence-corrected chi connectivity index (χ1v) is 10.7. The third-order valence-electron chi connectivity index (χ3n) is 4.95. The van der Waals surface area contributed by atoms with Crippen LogP contribution < -0.4 is 5.63 Å². The van der Waals surface area contributed by atoms with Crippen molar-refractivity contribution >= 4 is 11.8 Å². The summed E-state index contributed by atoms with van der Waals surface area (Å²) in [6, 6.07) is 21.1. The maximum Gasteiger partial charge on any atom is 0.344 e. The number of hydrogen-bond acceptors (Lipinski definition) is 4. The predicted molar refractivity (Wildman–Crippen MR) is 117 cm³/mol. The van der Waals surface area contributed by atoms with Gasteiger partial charge in [0.15, 0.2) is 0 Å². The summed E-state index contributed by atoms with van der Waals surface area (Å²) >= 11 is 1.68. The molecule has 4 heteroatoms. The summed E-state index contributed by atoms with van der Waals surface area (Å²) in [6.07, 6.45) is 1.84. The molecule has 2 unspecified atom stereocenters. The third-order valence-corrected chi connectivity index (χ3v) is 6.28. The second kappa shape index (κ2) is 9.65. The molecule has 1 aromatic heterocycles. The maximum absolute atomic E-state index is 12.8. The lowest BCUT2D eigenvalue weighted by molar-refractivity contribution is 0.428. The van der Waals surface area contributed by atoms with Crippen LogP contribution in [0.1, 0.15) is 43.1 Å². The topological polar surface area (TPSA) is 50.4 Å². The Balaban J connectivity index is 1.91. The monoisotopic (exact) mass is 394 g/mol. The van der Waals surface area contributed by atoms with Crippen molar-refractivity contribution < 1.29 is 9.52 Å². The summed E-state index contributed by atoms with van der Waals surface area (Å²) in [4.78, 5) is 12.8. The minimum atomic E-state index is -0.451. The average Bonchev–Trinajstić information content (AvgIpc) is 2.72. The fraction of sp³-hybridized carbons (Fsp3) is 0.292. The van der Waals surface area contributed by atoms with Gasteiger partial charge in [-0.3, -0.25) is 0 Å². The normalized spacial score (nSPS) is 13.2. The first kappa shape index (κ1) is 20.3. The smallest absolute Gasteiger partial charge is 0.344 e. The molecule has 3 nitrogen and oxygen atoms in total. The molecular formula is C24H26O3S. The van der Waals surface area contributed by atoms with E-state index in [2.05, 4.69) is 26.0 Å². The molecule has 28 heavy (non-hydrogen) atoms. The molecule has 3 aromatic rings. The van der Waals surface area contributed by atoms with Gasteiger partial charge < -0.3 is 9.52 Å². The summed E-state index contributed by atoms with van der Waals surface area (Å²) < 4.78 is 5.59. The van der Waals surface area contributed by atoms with E-state index in [-0.39, 0.29) is 11.0 Å². The Kier molecular flexibility index (Phi) is 6.99. The van der Waals surface area contributed by atoms with Crippen molar-refractivity contribution in [1.82, 2.24) is 0 Å². The van der Waals surface area contributed by atoms with Crippen LogP contribution in [0, 0.1) is 5.92 Å². The summed E-state index contributed by atoms with van der Waals surface area (Å²) in [5, 5.41) is 10.6. The van der Waals surface area contributed by atoms with Gasteiger partial charge in [-0.15, -0.1) is 11.8 Å². The number of hydrogen-bond donors (Lipinski definition) is 1. The van der Waals surface area contributed by atoms with Crippen molar-refractivity contribution in [3.8, 4) is 17.1 Å². The highest BCUT2D eigenvalue weighted by Crippen LogP contribution is 2.40. The fourth-order valence-electron chi connectivity index (χ4n) is 3.10. The lowest BCUT2D eigenvalue weighted by atomic mass is 9.98. The van der Waals surface area contributed by atoms with Crippen LogP contribution in [0.5, 0.6) is 5.75 Å². The van der Waals surface area contributed by atoms with Crippen LogP contribution in [0.4, 0.5) is 0 Å². The van der Waals surface area contributed by atoms with Crippen LogP contribution in [-0.4, -0.2) is 5.11 Å². The van der Waals surface area contributed by atoms with Gasteiger partial charge in [-0.25, -0.2) is 4.79 Å². The molecule has 2 atom stereocenters. The molecule has 0 radical (unpaired) electrons. The number of rotatable bonds is 8. The Morgan fingerprint density at radius 1 is 1.04 bits per heavy atom. The SMILES string of the molecule is CCC(C)CC(SCc1ccccc1)c1c(O)cc(-c2ccccc2)oc1=O. The van der Waals surface area contributed by atoms with E-state index in [9.17, 15) is 9.90 Å². The van der Waals surface area contributed by atoms with Crippen LogP contribution >= 0.6 is 11.8 Å². The highest BCUT2D eigenvalue weighted by atomic mass is 32.2. The molecule has 0 saturated heterocycles. The minimum absolute atomic E-state index is 0.0176. The highest BCUT2D eigenvalue weighted by molar-refractivity contribution is 7.98. The summed E-state index contributed by atoms with van der Waals surface area (Å²) in [7, 11) is 0. The van der Waals surface area contributed by atoms with Gasteiger partial charge in [-0.05, 0) is 17.9 Å². The molecule has 3 rings (SSSR count). The molecular weight excluding hydrogens is 368 g/mol. The molecule has 0 aliphatic carbocycles. The van der Waals surface area contributed by atoms with E-state index in [0.717, 1.165) is 24.2 Å². The summed E-state index contributed by atoms with van der Waals surface area (Å²) in [5.74, 6) is 1.63. The van der Waals surface area contributed by atoms with E-state index in [0.29, 0.717) is 17.2 Å². The number of aromatic hydroxyl groups is 1. The quantitative estimate of drug-likeness (QED) is 0.479. The van der Waals surface area contributed by atoms with E-state index >= 15 is 0 Å². The molecule has 0 fully saturated rings. The van der Waals surface area contributed by atoms with Crippen LogP contribution in [0.3, 0.4) is 0 Å². The van der Waals surface area contributed by atoms with Crippen LogP contribution in [-0.2, 0) is 5.75 Å². The summed E-state index contributed by atoms with van der Waals surface area (Å²) in [6.45, 7) is 4.32. The van der Waals surface area contributed by atoms with Crippen LogP contribution in [0.25, 0.3) is 11.3 Å². The van der Waals surface area contributed by atoms with Gasteiger partial charge in [0.2, 0.25) is 0 Å².